The zero-order valence-electron chi connectivity index (χ0n) is 12.8. The largest absolute Gasteiger partial charge is 0.508 e. The zero-order valence-corrected chi connectivity index (χ0v) is 12.8. The molecule has 20 heavy (non-hydrogen) atoms. The number of fused-ring (bicyclic) bond motifs is 1. The van der Waals surface area contributed by atoms with E-state index in [1.54, 1.807) is 12.1 Å². The molecule has 2 saturated carbocycles. The monoisotopic (exact) mass is 275 g/mol. The van der Waals surface area contributed by atoms with Crippen molar-refractivity contribution in [1.29, 1.82) is 0 Å². The van der Waals surface area contributed by atoms with Gasteiger partial charge in [-0.25, -0.2) is 0 Å². The van der Waals surface area contributed by atoms with Gasteiger partial charge in [-0.2, -0.15) is 0 Å². The maximum absolute atomic E-state index is 11.6. The topological polar surface area (TPSA) is 43.7 Å². The van der Waals surface area contributed by atoms with Crippen molar-refractivity contribution in [2.45, 2.75) is 44.8 Å². The van der Waals surface area contributed by atoms with Gasteiger partial charge in [-0.3, -0.25) is 0 Å². The molecule has 1 aromatic rings. The third-order valence-corrected chi connectivity index (χ3v) is 5.68. The third kappa shape index (κ3) is 1.73. The quantitative estimate of drug-likeness (QED) is 0.872. The van der Waals surface area contributed by atoms with Gasteiger partial charge >= 0.3 is 0 Å². The second-order valence-electron chi connectivity index (χ2n) is 7.20. The van der Waals surface area contributed by atoms with E-state index in [1.165, 1.54) is 6.42 Å². The van der Waals surface area contributed by atoms with Crippen LogP contribution in [-0.4, -0.2) is 35.3 Å². The lowest BCUT2D eigenvalue weighted by atomic mass is 9.67. The fraction of sp³-hybridized carbons (Fsp3) is 0.647. The lowest BCUT2D eigenvalue weighted by Gasteiger charge is -2.48. The molecule has 0 heterocycles. The first-order valence-electron chi connectivity index (χ1n) is 7.49. The highest BCUT2D eigenvalue weighted by atomic mass is 16.3. The van der Waals surface area contributed by atoms with E-state index in [-0.39, 0.29) is 17.2 Å². The van der Waals surface area contributed by atoms with Gasteiger partial charge in [0.2, 0.25) is 0 Å². The maximum atomic E-state index is 11.6. The highest BCUT2D eigenvalue weighted by Gasteiger charge is 2.68. The summed E-state index contributed by atoms with van der Waals surface area (Å²) in [6.07, 6.45) is 3.29. The van der Waals surface area contributed by atoms with Crippen LogP contribution in [0.1, 0.15) is 37.3 Å². The first-order valence-corrected chi connectivity index (χ1v) is 7.49. The van der Waals surface area contributed by atoms with Crippen LogP contribution in [0.3, 0.4) is 0 Å². The van der Waals surface area contributed by atoms with E-state index < -0.39 is 5.60 Å². The number of hydrogen-bond donors (Lipinski definition) is 2. The van der Waals surface area contributed by atoms with Crippen molar-refractivity contribution < 1.29 is 10.2 Å². The molecular weight excluding hydrogens is 250 g/mol. The molecule has 110 valence electrons. The molecule has 1 aromatic carbocycles. The van der Waals surface area contributed by atoms with Gasteiger partial charge in [-0.1, -0.05) is 13.0 Å². The molecule has 3 heteroatoms. The van der Waals surface area contributed by atoms with Gasteiger partial charge in [-0.15, -0.1) is 0 Å². The van der Waals surface area contributed by atoms with E-state index in [0.717, 1.165) is 24.0 Å². The summed E-state index contributed by atoms with van der Waals surface area (Å²) in [5.74, 6) is 0.864. The number of rotatable bonds is 2. The summed E-state index contributed by atoms with van der Waals surface area (Å²) in [7, 11) is 4.08. The van der Waals surface area contributed by atoms with Crippen LogP contribution in [0.4, 0.5) is 0 Å². The van der Waals surface area contributed by atoms with E-state index in [9.17, 15) is 10.2 Å². The van der Waals surface area contributed by atoms with E-state index in [4.69, 9.17) is 0 Å². The Hall–Kier alpha value is -1.06. The van der Waals surface area contributed by atoms with Gasteiger partial charge in [0.15, 0.2) is 0 Å². The number of phenols is 1. The smallest absolute Gasteiger partial charge is 0.116 e. The van der Waals surface area contributed by atoms with Crippen molar-refractivity contribution in [1.82, 2.24) is 4.90 Å². The number of aromatic hydroxyl groups is 1. The molecule has 0 bridgehead atoms. The molecule has 2 fully saturated rings. The van der Waals surface area contributed by atoms with Gasteiger partial charge in [0.05, 0.1) is 0 Å². The standard InChI is InChI=1S/C17H25NO2/c1-11-7-13(9-14(19)8-11)17(20)15(18(3)4)6-5-12-10-16(12,17)2/h7-9,12,15,19-20H,5-6,10H2,1-4H3. The summed E-state index contributed by atoms with van der Waals surface area (Å²) >= 11 is 0. The molecule has 4 atom stereocenters. The molecule has 4 unspecified atom stereocenters. The molecule has 2 N–H and O–H groups in total. The molecule has 2 aliphatic carbocycles. The van der Waals surface area contributed by atoms with Crippen molar-refractivity contribution in [2.24, 2.45) is 11.3 Å². The van der Waals surface area contributed by atoms with E-state index in [0.29, 0.717) is 5.92 Å². The lowest BCUT2D eigenvalue weighted by molar-refractivity contribution is -0.116. The molecule has 0 spiro atoms. The number of hydrogen-bond acceptors (Lipinski definition) is 3. The summed E-state index contributed by atoms with van der Waals surface area (Å²) in [6, 6.07) is 5.62. The summed E-state index contributed by atoms with van der Waals surface area (Å²) in [5, 5.41) is 21.6. The number of aliphatic hydroxyl groups is 1. The van der Waals surface area contributed by atoms with Crippen molar-refractivity contribution >= 4 is 0 Å². The van der Waals surface area contributed by atoms with Crippen LogP contribution < -0.4 is 0 Å². The van der Waals surface area contributed by atoms with E-state index in [2.05, 4.69) is 11.8 Å². The number of likely N-dealkylation sites (N-methyl/N-ethyl adjacent to an activating group) is 1. The lowest BCUT2D eigenvalue weighted by Crippen LogP contribution is -2.55. The number of benzene rings is 1. The van der Waals surface area contributed by atoms with Gasteiger partial charge in [0, 0.05) is 11.5 Å². The van der Waals surface area contributed by atoms with Crippen LogP contribution in [-0.2, 0) is 5.60 Å². The van der Waals surface area contributed by atoms with Gasteiger partial charge in [0.1, 0.15) is 11.4 Å². The van der Waals surface area contributed by atoms with Crippen molar-refractivity contribution in [3.63, 3.8) is 0 Å². The van der Waals surface area contributed by atoms with Crippen molar-refractivity contribution in [3.05, 3.63) is 29.3 Å². The van der Waals surface area contributed by atoms with Crippen LogP contribution in [0.5, 0.6) is 5.75 Å². The first kappa shape index (κ1) is 13.9. The van der Waals surface area contributed by atoms with Crippen LogP contribution in [0.2, 0.25) is 0 Å². The summed E-state index contributed by atoms with van der Waals surface area (Å²) in [4.78, 5) is 2.14. The van der Waals surface area contributed by atoms with Gasteiger partial charge in [0.25, 0.3) is 0 Å². The maximum Gasteiger partial charge on any atom is 0.116 e. The Kier molecular flexibility index (Phi) is 2.93. The Morgan fingerprint density at radius 3 is 2.50 bits per heavy atom. The van der Waals surface area contributed by atoms with Crippen molar-refractivity contribution in [3.8, 4) is 5.75 Å². The van der Waals surface area contributed by atoms with Crippen LogP contribution >= 0.6 is 0 Å². The first-order chi connectivity index (χ1) is 9.29. The number of aryl methyl sites for hydroxylation is 1. The molecule has 3 rings (SSSR count). The predicted octanol–water partition coefficient (Wildman–Crippen LogP) is 2.64. The van der Waals surface area contributed by atoms with Crippen LogP contribution in [0.15, 0.2) is 18.2 Å². The second kappa shape index (κ2) is 4.22. The SMILES string of the molecule is Cc1cc(O)cc(C2(O)C(N(C)C)CCC3CC32C)c1. The highest BCUT2D eigenvalue weighted by Crippen LogP contribution is 2.69. The second-order valence-corrected chi connectivity index (χ2v) is 7.20. The number of phenolic OH excluding ortho intramolecular Hbond substituents is 1. The minimum absolute atomic E-state index is 0.0551. The van der Waals surface area contributed by atoms with Crippen LogP contribution in [0, 0.1) is 18.3 Å². The molecule has 0 amide bonds. The minimum atomic E-state index is -0.872. The van der Waals surface area contributed by atoms with E-state index >= 15 is 0 Å². The van der Waals surface area contributed by atoms with Gasteiger partial charge in [-0.05, 0) is 69.5 Å². The molecule has 0 radical (unpaired) electrons. The fourth-order valence-electron chi connectivity index (χ4n) is 4.43. The minimum Gasteiger partial charge on any atom is -0.508 e. The molecule has 3 nitrogen and oxygen atoms in total. The van der Waals surface area contributed by atoms with Crippen molar-refractivity contribution in [2.75, 3.05) is 14.1 Å². The summed E-state index contributed by atoms with van der Waals surface area (Å²) < 4.78 is 0. The third-order valence-electron chi connectivity index (χ3n) is 5.68. The zero-order chi connectivity index (χ0) is 14.7. The molecular formula is C17H25NO2. The molecule has 2 aliphatic rings. The Bertz CT molecular complexity index is 522. The summed E-state index contributed by atoms with van der Waals surface area (Å²) in [5.41, 5.74) is 0.944. The van der Waals surface area contributed by atoms with E-state index in [1.807, 2.05) is 27.1 Å². The highest BCUT2D eigenvalue weighted by molar-refractivity contribution is 5.40. The average Bonchev–Trinajstić information content (AvgIpc) is 3.01. The molecule has 0 aliphatic heterocycles. The predicted molar refractivity (Wildman–Crippen MR) is 79.7 cm³/mol. The molecule has 0 saturated heterocycles. The summed E-state index contributed by atoms with van der Waals surface area (Å²) in [6.45, 7) is 4.17. The van der Waals surface area contributed by atoms with Crippen LogP contribution in [0.25, 0.3) is 0 Å². The number of nitrogens with zero attached hydrogens (tertiary/aromatic N) is 1. The fourth-order valence-corrected chi connectivity index (χ4v) is 4.43. The average molecular weight is 275 g/mol. The Morgan fingerprint density at radius 2 is 1.90 bits per heavy atom. The Labute approximate surface area is 121 Å². The molecule has 0 aromatic heterocycles. The van der Waals surface area contributed by atoms with Gasteiger partial charge < -0.3 is 15.1 Å². The normalized spacial score (nSPS) is 39.7. The Morgan fingerprint density at radius 1 is 1.20 bits per heavy atom. The Balaban J connectivity index is 2.14.